The highest BCUT2D eigenvalue weighted by Crippen LogP contribution is 2.39. The van der Waals surface area contributed by atoms with E-state index in [1.165, 1.54) is 0 Å². The number of halogens is 4. The predicted octanol–water partition coefficient (Wildman–Crippen LogP) is 2.98. The molecule has 0 unspecified atom stereocenters. The van der Waals surface area contributed by atoms with Crippen LogP contribution in [0.2, 0.25) is 0 Å². The van der Waals surface area contributed by atoms with Crippen LogP contribution >= 0.6 is 46.4 Å². The van der Waals surface area contributed by atoms with Crippen molar-refractivity contribution in [3.05, 3.63) is 0 Å². The molecule has 0 atom stereocenters. The minimum absolute atomic E-state index is 0.112. The molecule has 2 N–H and O–H groups in total. The van der Waals surface area contributed by atoms with Gasteiger partial charge in [0.2, 0.25) is 0 Å². The van der Waals surface area contributed by atoms with E-state index in [1.807, 2.05) is 0 Å². The summed E-state index contributed by atoms with van der Waals surface area (Å²) >= 11 is 23.3. The fourth-order valence-electron chi connectivity index (χ4n) is 2.31. The lowest BCUT2D eigenvalue weighted by atomic mass is 9.74. The molecule has 0 radical (unpaired) electrons. The van der Waals surface area contributed by atoms with Gasteiger partial charge in [0.05, 0.1) is 24.4 Å². The van der Waals surface area contributed by atoms with Crippen LogP contribution in [0.15, 0.2) is 0 Å². The lowest BCUT2D eigenvalue weighted by Gasteiger charge is -2.47. The van der Waals surface area contributed by atoms with Gasteiger partial charge in [0.25, 0.3) is 0 Å². The molecular weight excluding hydrogens is 334 g/mol. The first kappa shape index (κ1) is 20.0. The monoisotopic (exact) mass is 354 g/mol. The van der Waals surface area contributed by atoms with Gasteiger partial charge < -0.3 is 14.9 Å². The van der Waals surface area contributed by atoms with Crippen LogP contribution in [-0.4, -0.2) is 58.1 Å². The van der Waals surface area contributed by atoms with Gasteiger partial charge in [0.1, 0.15) is 0 Å². The van der Waals surface area contributed by atoms with E-state index in [9.17, 15) is 5.11 Å². The summed E-state index contributed by atoms with van der Waals surface area (Å²) in [7, 11) is 0. The van der Waals surface area contributed by atoms with Crippen molar-refractivity contribution in [3.8, 4) is 0 Å². The summed E-state index contributed by atoms with van der Waals surface area (Å²) in [5.74, 6) is 1.19. The van der Waals surface area contributed by atoms with Crippen molar-refractivity contribution < 1.29 is 14.9 Å². The van der Waals surface area contributed by atoms with Crippen LogP contribution in [-0.2, 0) is 4.74 Å². The first-order valence-electron chi connectivity index (χ1n) is 6.27. The van der Waals surface area contributed by atoms with Gasteiger partial charge in [0.15, 0.2) is 0 Å². The van der Waals surface area contributed by atoms with Crippen molar-refractivity contribution in [2.45, 2.75) is 36.9 Å². The maximum Gasteiger partial charge on any atom is 0.0992 e. The Kier molecular flexibility index (Phi) is 11.3. The van der Waals surface area contributed by atoms with E-state index < -0.39 is 11.2 Å². The van der Waals surface area contributed by atoms with E-state index in [4.69, 9.17) is 56.2 Å². The summed E-state index contributed by atoms with van der Waals surface area (Å²) in [5.41, 5.74) is -2.13. The van der Waals surface area contributed by atoms with E-state index in [0.29, 0.717) is 37.4 Å². The fraction of sp³-hybridized carbons (Fsp3) is 1.00. The van der Waals surface area contributed by atoms with Gasteiger partial charge in [-0.3, -0.25) is 0 Å². The van der Waals surface area contributed by atoms with Crippen molar-refractivity contribution in [1.82, 2.24) is 0 Å². The van der Waals surface area contributed by atoms with Gasteiger partial charge >= 0.3 is 0 Å². The molecule has 0 spiro atoms. The third-order valence-corrected chi connectivity index (χ3v) is 4.09. The molecule has 7 heteroatoms. The van der Waals surface area contributed by atoms with Crippen LogP contribution in [0.25, 0.3) is 0 Å². The Bertz CT molecular complexity index is 217. The smallest absolute Gasteiger partial charge is 0.0992 e. The number of aliphatic hydroxyl groups excluding tert-OH is 1. The first-order chi connectivity index (χ1) is 9.05. The SMILES string of the molecule is OCCOC(CCCl)(CCCl)C(O)(CCCl)CCCl. The Balaban J connectivity index is 5.29. The zero-order chi connectivity index (χ0) is 14.8. The Hall–Kier alpha value is 1.04. The molecule has 0 saturated heterocycles. The molecule has 0 rings (SSSR count). The minimum atomic E-state index is -1.20. The molecule has 0 saturated carbocycles. The van der Waals surface area contributed by atoms with E-state index in [2.05, 4.69) is 0 Å². The molecule has 0 aliphatic heterocycles. The standard InChI is InChI=1S/C12H22Cl4O3/c13-5-1-11(18,2-6-14)12(3-7-15,4-8-16)19-10-9-17/h17-18H,1-10H2. The van der Waals surface area contributed by atoms with Crippen LogP contribution in [0, 0.1) is 0 Å². The summed E-state index contributed by atoms with van der Waals surface area (Å²) in [6.07, 6.45) is 1.51. The number of aliphatic hydroxyl groups is 2. The van der Waals surface area contributed by atoms with Crippen molar-refractivity contribution >= 4 is 46.4 Å². The Labute approximate surface area is 135 Å². The highest BCUT2D eigenvalue weighted by molar-refractivity contribution is 6.19. The maximum absolute atomic E-state index is 10.9. The molecule has 116 valence electrons. The van der Waals surface area contributed by atoms with E-state index >= 15 is 0 Å². The second-order valence-corrected chi connectivity index (χ2v) is 5.87. The van der Waals surface area contributed by atoms with Gasteiger partial charge in [-0.05, 0) is 25.7 Å². The molecule has 0 bridgehead atoms. The summed E-state index contributed by atoms with van der Waals surface area (Å²) in [6, 6.07) is 0. The van der Waals surface area contributed by atoms with Crippen molar-refractivity contribution in [3.63, 3.8) is 0 Å². The van der Waals surface area contributed by atoms with Crippen molar-refractivity contribution in [2.24, 2.45) is 0 Å². The van der Waals surface area contributed by atoms with E-state index in [0.717, 1.165) is 0 Å². The van der Waals surface area contributed by atoms with Gasteiger partial charge in [-0.25, -0.2) is 0 Å². The number of hydrogen-bond acceptors (Lipinski definition) is 3. The second-order valence-electron chi connectivity index (χ2n) is 4.35. The topological polar surface area (TPSA) is 49.7 Å². The van der Waals surface area contributed by atoms with Crippen LogP contribution in [0.3, 0.4) is 0 Å². The quantitative estimate of drug-likeness (QED) is 0.529. The van der Waals surface area contributed by atoms with Gasteiger partial charge in [-0.15, -0.1) is 46.4 Å². The maximum atomic E-state index is 10.9. The first-order valence-corrected chi connectivity index (χ1v) is 8.40. The second kappa shape index (κ2) is 10.7. The van der Waals surface area contributed by atoms with E-state index in [1.54, 1.807) is 0 Å². The largest absolute Gasteiger partial charge is 0.394 e. The number of rotatable bonds is 12. The summed E-state index contributed by atoms with van der Waals surface area (Å²) in [5, 5.41) is 19.9. The molecule has 0 aliphatic rings. The average Bonchev–Trinajstić information content (AvgIpc) is 2.37. The molecule has 0 amide bonds. The third-order valence-electron chi connectivity index (χ3n) is 3.33. The number of hydrogen-bond donors (Lipinski definition) is 2. The van der Waals surface area contributed by atoms with Crippen LogP contribution in [0.5, 0.6) is 0 Å². The molecule has 19 heavy (non-hydrogen) atoms. The molecule has 0 aromatic heterocycles. The molecule has 0 heterocycles. The van der Waals surface area contributed by atoms with Crippen molar-refractivity contribution in [2.75, 3.05) is 36.7 Å². The van der Waals surface area contributed by atoms with Gasteiger partial charge in [0, 0.05) is 23.5 Å². The Morgan fingerprint density at radius 1 is 0.789 bits per heavy atom. The highest BCUT2D eigenvalue weighted by Gasteiger charge is 2.49. The van der Waals surface area contributed by atoms with E-state index in [-0.39, 0.29) is 25.0 Å². The van der Waals surface area contributed by atoms with Crippen molar-refractivity contribution in [1.29, 1.82) is 0 Å². The minimum Gasteiger partial charge on any atom is -0.394 e. The molecular formula is C12H22Cl4O3. The number of alkyl halides is 4. The van der Waals surface area contributed by atoms with Crippen LogP contribution in [0.4, 0.5) is 0 Å². The molecule has 0 aromatic rings. The molecule has 0 fully saturated rings. The molecule has 0 aromatic carbocycles. The summed E-state index contributed by atoms with van der Waals surface area (Å²) in [6.45, 7) is -0.0230. The lowest BCUT2D eigenvalue weighted by Crippen LogP contribution is -2.57. The third kappa shape index (κ3) is 5.74. The van der Waals surface area contributed by atoms with Gasteiger partial charge in [-0.1, -0.05) is 0 Å². The van der Waals surface area contributed by atoms with Crippen LogP contribution in [0.1, 0.15) is 25.7 Å². The zero-order valence-corrected chi connectivity index (χ0v) is 13.9. The average molecular weight is 356 g/mol. The lowest BCUT2D eigenvalue weighted by molar-refractivity contribution is -0.193. The molecule has 3 nitrogen and oxygen atoms in total. The number of ether oxygens (including phenoxy) is 1. The predicted molar refractivity (Wildman–Crippen MR) is 82.1 cm³/mol. The summed E-state index contributed by atoms with van der Waals surface area (Å²) in [4.78, 5) is 0. The Morgan fingerprint density at radius 2 is 1.21 bits per heavy atom. The fourth-order valence-corrected chi connectivity index (χ4v) is 3.54. The highest BCUT2D eigenvalue weighted by atomic mass is 35.5. The normalized spacial score (nSPS) is 12.9. The Morgan fingerprint density at radius 3 is 1.53 bits per heavy atom. The molecule has 0 aliphatic carbocycles. The van der Waals surface area contributed by atoms with Gasteiger partial charge in [-0.2, -0.15) is 0 Å². The van der Waals surface area contributed by atoms with Crippen LogP contribution < -0.4 is 0 Å². The summed E-state index contributed by atoms with van der Waals surface area (Å²) < 4.78 is 5.74. The zero-order valence-electron chi connectivity index (χ0n) is 10.9.